The second kappa shape index (κ2) is 6.28. The standard InChI is InChI=1S/C16H20N4O/c1-12-7-14(9-17-8-12)10-20-5-6-21-16(11-20)15-3-4-18-13(2)19-15/h3-4,7-9,16H,5-6,10-11H2,1-2H3/t16-/m0/s1. The van der Waals surface area contributed by atoms with Crippen LogP contribution in [-0.4, -0.2) is 39.5 Å². The van der Waals surface area contributed by atoms with E-state index in [0.717, 1.165) is 37.8 Å². The van der Waals surface area contributed by atoms with Gasteiger partial charge in [0, 0.05) is 38.2 Å². The fourth-order valence-corrected chi connectivity index (χ4v) is 2.64. The first-order valence-corrected chi connectivity index (χ1v) is 7.25. The quantitative estimate of drug-likeness (QED) is 0.863. The van der Waals surface area contributed by atoms with Crippen LogP contribution in [-0.2, 0) is 11.3 Å². The minimum atomic E-state index is 0.0261. The van der Waals surface area contributed by atoms with Crippen LogP contribution in [0.25, 0.3) is 0 Å². The van der Waals surface area contributed by atoms with Crippen LogP contribution >= 0.6 is 0 Å². The highest BCUT2D eigenvalue weighted by atomic mass is 16.5. The van der Waals surface area contributed by atoms with Gasteiger partial charge < -0.3 is 4.74 Å². The molecule has 2 aromatic rings. The minimum absolute atomic E-state index is 0.0261. The molecular weight excluding hydrogens is 264 g/mol. The number of morpholine rings is 1. The first kappa shape index (κ1) is 14.1. The Morgan fingerprint density at radius 2 is 2.24 bits per heavy atom. The Bertz CT molecular complexity index is 617. The average molecular weight is 284 g/mol. The predicted molar refractivity (Wildman–Crippen MR) is 79.7 cm³/mol. The third kappa shape index (κ3) is 3.62. The van der Waals surface area contributed by atoms with Crippen LogP contribution in [0.5, 0.6) is 0 Å². The molecular formula is C16H20N4O. The number of aryl methyl sites for hydroxylation is 2. The zero-order valence-corrected chi connectivity index (χ0v) is 12.5. The Kier molecular flexibility index (Phi) is 4.22. The van der Waals surface area contributed by atoms with E-state index < -0.39 is 0 Å². The third-order valence-electron chi connectivity index (χ3n) is 3.62. The van der Waals surface area contributed by atoms with E-state index in [0.29, 0.717) is 0 Å². The van der Waals surface area contributed by atoms with Crippen molar-refractivity contribution in [2.45, 2.75) is 26.5 Å². The van der Waals surface area contributed by atoms with E-state index in [-0.39, 0.29) is 6.10 Å². The molecule has 0 spiro atoms. The van der Waals surface area contributed by atoms with Crippen molar-refractivity contribution in [1.29, 1.82) is 0 Å². The lowest BCUT2D eigenvalue weighted by Gasteiger charge is -2.32. The molecule has 0 N–H and O–H groups in total. The number of pyridine rings is 1. The summed E-state index contributed by atoms with van der Waals surface area (Å²) in [5.41, 5.74) is 3.41. The summed E-state index contributed by atoms with van der Waals surface area (Å²) in [5, 5.41) is 0. The molecule has 0 amide bonds. The summed E-state index contributed by atoms with van der Waals surface area (Å²) >= 11 is 0. The van der Waals surface area contributed by atoms with Crippen molar-refractivity contribution in [3.05, 3.63) is 53.4 Å². The summed E-state index contributed by atoms with van der Waals surface area (Å²) in [4.78, 5) is 15.3. The van der Waals surface area contributed by atoms with E-state index in [1.165, 1.54) is 11.1 Å². The lowest BCUT2D eigenvalue weighted by atomic mass is 10.1. The van der Waals surface area contributed by atoms with E-state index in [1.54, 1.807) is 6.20 Å². The molecule has 1 aliphatic heterocycles. The Labute approximate surface area is 125 Å². The average Bonchev–Trinajstić information content (AvgIpc) is 2.47. The molecule has 3 heterocycles. The van der Waals surface area contributed by atoms with Gasteiger partial charge in [-0.1, -0.05) is 6.07 Å². The highest BCUT2D eigenvalue weighted by molar-refractivity contribution is 5.16. The zero-order valence-electron chi connectivity index (χ0n) is 12.5. The van der Waals surface area contributed by atoms with Crippen molar-refractivity contribution >= 4 is 0 Å². The van der Waals surface area contributed by atoms with Gasteiger partial charge >= 0.3 is 0 Å². The van der Waals surface area contributed by atoms with Crippen molar-refractivity contribution in [3.8, 4) is 0 Å². The molecule has 0 aliphatic carbocycles. The van der Waals surface area contributed by atoms with Crippen LogP contribution < -0.4 is 0 Å². The number of nitrogens with zero attached hydrogens (tertiary/aromatic N) is 4. The normalized spacial score (nSPS) is 19.6. The summed E-state index contributed by atoms with van der Waals surface area (Å²) < 4.78 is 5.86. The fourth-order valence-electron chi connectivity index (χ4n) is 2.64. The monoisotopic (exact) mass is 284 g/mol. The van der Waals surface area contributed by atoms with Crippen LogP contribution in [0, 0.1) is 13.8 Å². The molecule has 0 unspecified atom stereocenters. The van der Waals surface area contributed by atoms with Crippen LogP contribution in [0.15, 0.2) is 30.7 Å². The van der Waals surface area contributed by atoms with Gasteiger partial charge in [-0.25, -0.2) is 9.97 Å². The molecule has 1 saturated heterocycles. The second-order valence-corrected chi connectivity index (χ2v) is 5.49. The molecule has 0 bridgehead atoms. The van der Waals surface area contributed by atoms with Crippen molar-refractivity contribution < 1.29 is 4.74 Å². The largest absolute Gasteiger partial charge is 0.369 e. The first-order valence-electron chi connectivity index (χ1n) is 7.25. The van der Waals surface area contributed by atoms with Crippen molar-refractivity contribution in [2.24, 2.45) is 0 Å². The molecule has 0 radical (unpaired) electrons. The summed E-state index contributed by atoms with van der Waals surface area (Å²) in [7, 11) is 0. The Morgan fingerprint density at radius 1 is 1.33 bits per heavy atom. The van der Waals surface area contributed by atoms with Gasteiger partial charge in [0.1, 0.15) is 11.9 Å². The molecule has 1 atom stereocenters. The number of hydrogen-bond acceptors (Lipinski definition) is 5. The van der Waals surface area contributed by atoms with E-state index >= 15 is 0 Å². The summed E-state index contributed by atoms with van der Waals surface area (Å²) in [6, 6.07) is 4.13. The molecule has 1 aliphatic rings. The molecule has 0 aromatic carbocycles. The topological polar surface area (TPSA) is 51.1 Å². The van der Waals surface area contributed by atoms with Crippen molar-refractivity contribution in [1.82, 2.24) is 19.9 Å². The van der Waals surface area contributed by atoms with E-state index in [9.17, 15) is 0 Å². The Hall–Kier alpha value is -1.85. The van der Waals surface area contributed by atoms with Crippen LogP contribution in [0.1, 0.15) is 28.7 Å². The molecule has 110 valence electrons. The molecule has 0 saturated carbocycles. The maximum Gasteiger partial charge on any atom is 0.125 e. The number of ether oxygens (including phenoxy) is 1. The van der Waals surface area contributed by atoms with Gasteiger partial charge in [-0.05, 0) is 31.0 Å². The number of rotatable bonds is 3. The Balaban J connectivity index is 1.68. The maximum atomic E-state index is 5.86. The third-order valence-corrected chi connectivity index (χ3v) is 3.62. The molecule has 5 heteroatoms. The molecule has 3 rings (SSSR count). The summed E-state index contributed by atoms with van der Waals surface area (Å²) in [6.45, 7) is 7.40. The minimum Gasteiger partial charge on any atom is -0.369 e. The number of aromatic nitrogens is 3. The van der Waals surface area contributed by atoms with E-state index in [4.69, 9.17) is 4.74 Å². The predicted octanol–water partition coefficient (Wildman–Crippen LogP) is 2.06. The molecule has 1 fully saturated rings. The number of hydrogen-bond donors (Lipinski definition) is 0. The van der Waals surface area contributed by atoms with Gasteiger partial charge in [-0.15, -0.1) is 0 Å². The summed E-state index contributed by atoms with van der Waals surface area (Å²) in [5.74, 6) is 0.788. The van der Waals surface area contributed by atoms with Gasteiger partial charge in [0.2, 0.25) is 0 Å². The highest BCUT2D eigenvalue weighted by Crippen LogP contribution is 2.21. The Morgan fingerprint density at radius 3 is 3.05 bits per heavy atom. The highest BCUT2D eigenvalue weighted by Gasteiger charge is 2.23. The van der Waals surface area contributed by atoms with Gasteiger partial charge in [-0.2, -0.15) is 0 Å². The van der Waals surface area contributed by atoms with Crippen molar-refractivity contribution in [2.75, 3.05) is 19.7 Å². The van der Waals surface area contributed by atoms with Gasteiger partial charge in [0.05, 0.1) is 12.3 Å². The summed E-state index contributed by atoms with van der Waals surface area (Å²) in [6.07, 6.45) is 5.64. The van der Waals surface area contributed by atoms with Crippen LogP contribution in [0.4, 0.5) is 0 Å². The first-order chi connectivity index (χ1) is 10.2. The van der Waals surface area contributed by atoms with Gasteiger partial charge in [0.25, 0.3) is 0 Å². The SMILES string of the molecule is Cc1cncc(CN2CCO[C@H](c3ccnc(C)n3)C2)c1. The van der Waals surface area contributed by atoms with E-state index in [2.05, 4.69) is 32.8 Å². The van der Waals surface area contributed by atoms with Crippen LogP contribution in [0.2, 0.25) is 0 Å². The lowest BCUT2D eigenvalue weighted by molar-refractivity contribution is -0.0351. The second-order valence-electron chi connectivity index (χ2n) is 5.49. The fraction of sp³-hybridized carbons (Fsp3) is 0.438. The molecule has 21 heavy (non-hydrogen) atoms. The van der Waals surface area contributed by atoms with E-state index in [1.807, 2.05) is 25.4 Å². The molecule has 2 aromatic heterocycles. The smallest absolute Gasteiger partial charge is 0.125 e. The van der Waals surface area contributed by atoms with Crippen LogP contribution in [0.3, 0.4) is 0 Å². The maximum absolute atomic E-state index is 5.86. The molecule has 5 nitrogen and oxygen atoms in total. The lowest BCUT2D eigenvalue weighted by Crippen LogP contribution is -2.38. The zero-order chi connectivity index (χ0) is 14.7. The van der Waals surface area contributed by atoms with Crippen molar-refractivity contribution in [3.63, 3.8) is 0 Å². The van der Waals surface area contributed by atoms with Gasteiger partial charge in [-0.3, -0.25) is 9.88 Å². The van der Waals surface area contributed by atoms with Gasteiger partial charge in [0.15, 0.2) is 0 Å².